The van der Waals surface area contributed by atoms with Crippen molar-refractivity contribution in [2.75, 3.05) is 26.7 Å². The highest BCUT2D eigenvalue weighted by molar-refractivity contribution is 5.74. The fourth-order valence-electron chi connectivity index (χ4n) is 1.57. The van der Waals surface area contributed by atoms with E-state index in [2.05, 4.69) is 24.2 Å². The summed E-state index contributed by atoms with van der Waals surface area (Å²) in [6, 6.07) is 0.749. The Balaban J connectivity index is 2.42. The second kappa shape index (κ2) is 4.64. The molecule has 4 nitrogen and oxygen atoms in total. The number of carbonyl (C=O) groups is 1. The van der Waals surface area contributed by atoms with Crippen LogP contribution >= 0.6 is 0 Å². The Hall–Kier alpha value is -0.770. The SMILES string of the molecule is CC(C)NC(=O)N1CCN(C)C(C)C1. The van der Waals surface area contributed by atoms with Crippen molar-refractivity contribution in [2.45, 2.75) is 32.9 Å². The number of nitrogens with one attached hydrogen (secondary N) is 1. The maximum Gasteiger partial charge on any atom is 0.317 e. The number of amides is 2. The van der Waals surface area contributed by atoms with Crippen molar-refractivity contribution in [1.82, 2.24) is 15.1 Å². The molecule has 0 saturated carbocycles. The molecular weight excluding hydrogens is 178 g/mol. The molecule has 14 heavy (non-hydrogen) atoms. The second-order valence-electron chi connectivity index (χ2n) is 4.38. The van der Waals surface area contributed by atoms with Gasteiger partial charge in [0.25, 0.3) is 0 Å². The van der Waals surface area contributed by atoms with E-state index in [4.69, 9.17) is 0 Å². The van der Waals surface area contributed by atoms with Gasteiger partial charge in [0.1, 0.15) is 0 Å². The molecule has 1 atom stereocenters. The number of urea groups is 1. The highest BCUT2D eigenvalue weighted by Gasteiger charge is 2.24. The first-order valence-electron chi connectivity index (χ1n) is 5.26. The molecular formula is C10H21N3O. The van der Waals surface area contributed by atoms with Gasteiger partial charge in [-0.2, -0.15) is 0 Å². The number of nitrogens with zero attached hydrogens (tertiary/aromatic N) is 2. The molecule has 0 aromatic heterocycles. The fourth-order valence-corrected chi connectivity index (χ4v) is 1.57. The largest absolute Gasteiger partial charge is 0.336 e. The van der Waals surface area contributed by atoms with Gasteiger partial charge in [0.15, 0.2) is 0 Å². The summed E-state index contributed by atoms with van der Waals surface area (Å²) < 4.78 is 0. The van der Waals surface area contributed by atoms with Crippen molar-refractivity contribution in [1.29, 1.82) is 0 Å². The average molecular weight is 199 g/mol. The van der Waals surface area contributed by atoms with E-state index in [0.717, 1.165) is 19.6 Å². The third-order valence-electron chi connectivity index (χ3n) is 2.66. The lowest BCUT2D eigenvalue weighted by molar-refractivity contribution is 0.117. The summed E-state index contributed by atoms with van der Waals surface area (Å²) in [6.45, 7) is 8.74. The van der Waals surface area contributed by atoms with E-state index in [0.29, 0.717) is 6.04 Å². The maximum absolute atomic E-state index is 11.7. The Morgan fingerprint density at radius 1 is 1.43 bits per heavy atom. The van der Waals surface area contributed by atoms with E-state index >= 15 is 0 Å². The van der Waals surface area contributed by atoms with Crippen LogP contribution in [0, 0.1) is 0 Å². The number of carbonyl (C=O) groups excluding carboxylic acids is 1. The zero-order chi connectivity index (χ0) is 10.7. The Kier molecular flexibility index (Phi) is 3.75. The zero-order valence-electron chi connectivity index (χ0n) is 9.58. The fraction of sp³-hybridized carbons (Fsp3) is 0.900. The van der Waals surface area contributed by atoms with Gasteiger partial charge in [-0.25, -0.2) is 4.79 Å². The van der Waals surface area contributed by atoms with Gasteiger partial charge in [-0.15, -0.1) is 0 Å². The van der Waals surface area contributed by atoms with Crippen LogP contribution in [-0.2, 0) is 0 Å². The normalized spacial score (nSPS) is 24.1. The summed E-state index contributed by atoms with van der Waals surface area (Å²) in [5.41, 5.74) is 0. The number of hydrogen-bond acceptors (Lipinski definition) is 2. The van der Waals surface area contributed by atoms with Crippen LogP contribution in [0.15, 0.2) is 0 Å². The Bertz CT molecular complexity index is 206. The first kappa shape index (κ1) is 11.3. The zero-order valence-corrected chi connectivity index (χ0v) is 9.58. The number of hydrogen-bond donors (Lipinski definition) is 1. The van der Waals surface area contributed by atoms with Crippen molar-refractivity contribution < 1.29 is 4.79 Å². The minimum Gasteiger partial charge on any atom is -0.336 e. The van der Waals surface area contributed by atoms with Crippen LogP contribution in [0.5, 0.6) is 0 Å². The Labute approximate surface area is 86.2 Å². The predicted molar refractivity (Wildman–Crippen MR) is 57.3 cm³/mol. The Morgan fingerprint density at radius 2 is 2.07 bits per heavy atom. The molecule has 0 radical (unpaired) electrons. The highest BCUT2D eigenvalue weighted by atomic mass is 16.2. The van der Waals surface area contributed by atoms with Crippen LogP contribution in [0.1, 0.15) is 20.8 Å². The van der Waals surface area contributed by atoms with Gasteiger partial charge in [0.05, 0.1) is 0 Å². The van der Waals surface area contributed by atoms with Crippen LogP contribution in [-0.4, -0.2) is 54.6 Å². The molecule has 1 aliphatic heterocycles. The van der Waals surface area contributed by atoms with E-state index in [1.165, 1.54) is 0 Å². The van der Waals surface area contributed by atoms with Gasteiger partial charge >= 0.3 is 6.03 Å². The van der Waals surface area contributed by atoms with Crippen LogP contribution < -0.4 is 5.32 Å². The lowest BCUT2D eigenvalue weighted by atomic mass is 10.2. The standard InChI is InChI=1S/C10H21N3O/c1-8(2)11-10(14)13-6-5-12(4)9(3)7-13/h8-9H,5-7H2,1-4H3,(H,11,14). The number of rotatable bonds is 1. The molecule has 0 aromatic rings. The minimum absolute atomic E-state index is 0.0694. The van der Waals surface area contributed by atoms with Crippen molar-refractivity contribution in [2.24, 2.45) is 0 Å². The molecule has 0 aliphatic carbocycles. The molecule has 0 bridgehead atoms. The van der Waals surface area contributed by atoms with E-state index in [1.807, 2.05) is 18.7 Å². The van der Waals surface area contributed by atoms with E-state index < -0.39 is 0 Å². The van der Waals surface area contributed by atoms with E-state index in [-0.39, 0.29) is 12.1 Å². The van der Waals surface area contributed by atoms with Crippen molar-refractivity contribution in [3.05, 3.63) is 0 Å². The summed E-state index contributed by atoms with van der Waals surface area (Å²) >= 11 is 0. The minimum atomic E-state index is 0.0694. The smallest absolute Gasteiger partial charge is 0.317 e. The van der Waals surface area contributed by atoms with Gasteiger partial charge in [-0.3, -0.25) is 0 Å². The summed E-state index contributed by atoms with van der Waals surface area (Å²) in [6.07, 6.45) is 0. The summed E-state index contributed by atoms with van der Waals surface area (Å²) in [5, 5.41) is 2.92. The molecule has 1 saturated heterocycles. The Morgan fingerprint density at radius 3 is 2.57 bits per heavy atom. The average Bonchev–Trinajstić information content (AvgIpc) is 2.08. The summed E-state index contributed by atoms with van der Waals surface area (Å²) in [4.78, 5) is 15.8. The van der Waals surface area contributed by atoms with Crippen LogP contribution in [0.2, 0.25) is 0 Å². The maximum atomic E-state index is 11.7. The van der Waals surface area contributed by atoms with Crippen molar-refractivity contribution in [3.63, 3.8) is 0 Å². The van der Waals surface area contributed by atoms with Crippen molar-refractivity contribution in [3.8, 4) is 0 Å². The van der Waals surface area contributed by atoms with Crippen LogP contribution in [0.3, 0.4) is 0 Å². The van der Waals surface area contributed by atoms with Gasteiger partial charge in [0, 0.05) is 31.7 Å². The summed E-state index contributed by atoms with van der Waals surface area (Å²) in [5.74, 6) is 0. The monoisotopic (exact) mass is 199 g/mol. The molecule has 82 valence electrons. The van der Waals surface area contributed by atoms with E-state index in [1.54, 1.807) is 0 Å². The van der Waals surface area contributed by atoms with Gasteiger partial charge < -0.3 is 15.1 Å². The number of piperazine rings is 1. The molecule has 1 fully saturated rings. The summed E-state index contributed by atoms with van der Waals surface area (Å²) in [7, 11) is 2.10. The highest BCUT2D eigenvalue weighted by Crippen LogP contribution is 2.06. The first-order chi connectivity index (χ1) is 6.50. The topological polar surface area (TPSA) is 35.6 Å². The molecule has 4 heteroatoms. The molecule has 1 rings (SSSR count). The molecule has 0 aromatic carbocycles. The first-order valence-corrected chi connectivity index (χ1v) is 5.26. The lowest BCUT2D eigenvalue weighted by Gasteiger charge is -2.37. The van der Waals surface area contributed by atoms with Gasteiger partial charge in [0.2, 0.25) is 0 Å². The third-order valence-corrected chi connectivity index (χ3v) is 2.66. The molecule has 1 unspecified atom stereocenters. The van der Waals surface area contributed by atoms with Crippen molar-refractivity contribution >= 4 is 6.03 Å². The van der Waals surface area contributed by atoms with Crippen LogP contribution in [0.4, 0.5) is 4.79 Å². The van der Waals surface area contributed by atoms with Crippen LogP contribution in [0.25, 0.3) is 0 Å². The number of likely N-dealkylation sites (N-methyl/N-ethyl adjacent to an activating group) is 1. The predicted octanol–water partition coefficient (Wildman–Crippen LogP) is 0.740. The quantitative estimate of drug-likeness (QED) is 0.676. The second-order valence-corrected chi connectivity index (χ2v) is 4.38. The van der Waals surface area contributed by atoms with E-state index in [9.17, 15) is 4.79 Å². The molecule has 2 amide bonds. The third kappa shape index (κ3) is 2.87. The molecule has 0 spiro atoms. The lowest BCUT2D eigenvalue weighted by Crippen LogP contribution is -2.55. The molecule has 1 heterocycles. The van der Waals surface area contributed by atoms with Gasteiger partial charge in [-0.1, -0.05) is 0 Å². The molecule has 1 N–H and O–H groups in total. The van der Waals surface area contributed by atoms with Gasteiger partial charge in [-0.05, 0) is 27.8 Å². The molecule has 1 aliphatic rings.